The maximum atomic E-state index is 13.6. The fourth-order valence-electron chi connectivity index (χ4n) is 6.83. The highest BCUT2D eigenvalue weighted by atomic mass is 28.4. The van der Waals surface area contributed by atoms with Crippen LogP contribution in [0.4, 0.5) is 0 Å². The van der Waals surface area contributed by atoms with Crippen molar-refractivity contribution < 1.29 is 32.9 Å². The quantitative estimate of drug-likeness (QED) is 0.159. The van der Waals surface area contributed by atoms with Gasteiger partial charge in [0.1, 0.15) is 11.7 Å². The Balaban J connectivity index is 1.77. The Morgan fingerprint density at radius 2 is 1.45 bits per heavy atom. The topological polar surface area (TPSA) is 72.5 Å². The van der Waals surface area contributed by atoms with E-state index in [1.807, 2.05) is 51.1 Å². The van der Waals surface area contributed by atoms with Gasteiger partial charge in [0.05, 0.1) is 31.5 Å². The summed E-state index contributed by atoms with van der Waals surface area (Å²) in [5.74, 6) is -0.356. The molecule has 0 N–H and O–H groups in total. The van der Waals surface area contributed by atoms with Crippen LogP contribution in [0.2, 0.25) is 16.6 Å². The first-order valence-corrected chi connectivity index (χ1v) is 18.4. The van der Waals surface area contributed by atoms with Gasteiger partial charge in [-0.2, -0.15) is 0 Å². The van der Waals surface area contributed by atoms with E-state index in [1.54, 1.807) is 0 Å². The van der Waals surface area contributed by atoms with Crippen molar-refractivity contribution in [2.75, 3.05) is 19.8 Å². The van der Waals surface area contributed by atoms with Crippen molar-refractivity contribution in [1.29, 1.82) is 0 Å². The summed E-state index contributed by atoms with van der Waals surface area (Å²) in [6.07, 6.45) is 2.33. The first-order valence-electron chi connectivity index (χ1n) is 16.2. The van der Waals surface area contributed by atoms with Gasteiger partial charge in [-0.25, -0.2) is 4.79 Å². The van der Waals surface area contributed by atoms with Gasteiger partial charge in [0.2, 0.25) is 8.32 Å². The Morgan fingerprint density at radius 1 is 0.881 bits per heavy atom. The summed E-state index contributed by atoms with van der Waals surface area (Å²) in [6.45, 7) is 21.7. The number of ether oxygens (including phenoxy) is 5. The van der Waals surface area contributed by atoms with Gasteiger partial charge in [0.25, 0.3) is 0 Å². The third-order valence-corrected chi connectivity index (χ3v) is 14.8. The summed E-state index contributed by atoms with van der Waals surface area (Å²) in [7, 11) is -2.14. The molecule has 240 valence electrons. The highest BCUT2D eigenvalue weighted by Crippen LogP contribution is 2.44. The van der Waals surface area contributed by atoms with Gasteiger partial charge in [0, 0.05) is 19.6 Å². The number of benzene rings is 1. The van der Waals surface area contributed by atoms with Gasteiger partial charge in [0.15, 0.2) is 6.10 Å². The summed E-state index contributed by atoms with van der Waals surface area (Å²) in [4.78, 5) is 13.6. The van der Waals surface area contributed by atoms with Crippen LogP contribution < -0.4 is 0 Å². The Hall–Kier alpha value is -1.29. The molecule has 42 heavy (non-hydrogen) atoms. The minimum absolute atomic E-state index is 0.0706. The van der Waals surface area contributed by atoms with Crippen molar-refractivity contribution in [3.05, 3.63) is 35.9 Å². The second-order valence-electron chi connectivity index (χ2n) is 14.0. The fourth-order valence-corrected chi connectivity index (χ4v) is 12.4. The van der Waals surface area contributed by atoms with E-state index in [4.69, 9.17) is 28.1 Å². The van der Waals surface area contributed by atoms with Crippen LogP contribution in [0.25, 0.3) is 0 Å². The van der Waals surface area contributed by atoms with Gasteiger partial charge < -0.3 is 28.1 Å². The van der Waals surface area contributed by atoms with Crippen molar-refractivity contribution in [3.63, 3.8) is 0 Å². The molecule has 2 heterocycles. The SMILES string of the molecule is CC(C)[Si](O[C@@H]1CCCO[C@H]1C[C@@H](O[C@H]1CCCO[C@@H]1COCc1ccccc1)C(=O)OC(C)(C)C)(C(C)C)C(C)C. The summed E-state index contributed by atoms with van der Waals surface area (Å²) in [6, 6.07) is 10.1. The normalized spacial score (nSPS) is 24.8. The summed E-state index contributed by atoms with van der Waals surface area (Å²) in [5, 5.41) is 0. The standard InChI is InChI=1S/C34H58O7Si/c1-24(2)42(25(3)4,26(5)6)41-29-18-14-19-37-30(29)21-31(33(35)40-34(7,8)9)39-28-17-13-20-38-32(28)23-36-22-27-15-11-10-12-16-27/h10-12,15-16,24-26,28-32H,13-14,17-23H2,1-9H3/t28-,29+,30-,31+,32+/m0/s1. The van der Waals surface area contributed by atoms with Crippen molar-refractivity contribution in [2.45, 2.75) is 154 Å². The molecule has 0 radical (unpaired) electrons. The first-order chi connectivity index (χ1) is 19.8. The Kier molecular flexibility index (Phi) is 13.5. The van der Waals surface area contributed by atoms with Gasteiger partial charge in [-0.05, 0) is 68.6 Å². The van der Waals surface area contributed by atoms with E-state index < -0.39 is 20.0 Å². The predicted molar refractivity (Wildman–Crippen MR) is 169 cm³/mol. The molecule has 2 fully saturated rings. The molecule has 3 rings (SSSR count). The van der Waals surface area contributed by atoms with Gasteiger partial charge in [-0.1, -0.05) is 71.9 Å². The van der Waals surface area contributed by atoms with Crippen LogP contribution in [0.5, 0.6) is 0 Å². The van der Waals surface area contributed by atoms with Crippen LogP contribution in [0, 0.1) is 0 Å². The zero-order chi connectivity index (χ0) is 30.9. The molecular formula is C34H58O7Si. The van der Waals surface area contributed by atoms with E-state index in [-0.39, 0.29) is 30.4 Å². The summed E-state index contributed by atoms with van der Waals surface area (Å²) in [5.41, 5.74) is 1.89. The number of carbonyl (C=O) groups is 1. The van der Waals surface area contributed by atoms with E-state index in [0.29, 0.717) is 49.5 Å². The maximum Gasteiger partial charge on any atom is 0.335 e. The lowest BCUT2D eigenvalue weighted by Crippen LogP contribution is -2.54. The summed E-state index contributed by atoms with van der Waals surface area (Å²) >= 11 is 0. The number of rotatable bonds is 14. The fraction of sp³-hybridized carbons (Fsp3) is 0.794. The molecule has 0 unspecified atom stereocenters. The molecule has 0 aromatic heterocycles. The molecule has 0 spiro atoms. The van der Waals surface area contributed by atoms with Crippen LogP contribution in [0.3, 0.4) is 0 Å². The second-order valence-corrected chi connectivity index (χ2v) is 19.4. The molecule has 0 aliphatic carbocycles. The third-order valence-electron chi connectivity index (χ3n) is 8.67. The third kappa shape index (κ3) is 9.86. The molecule has 5 atom stereocenters. The molecule has 2 aliphatic rings. The molecule has 1 aromatic carbocycles. The molecule has 0 bridgehead atoms. The zero-order valence-electron chi connectivity index (χ0n) is 27.7. The highest BCUT2D eigenvalue weighted by Gasteiger charge is 2.49. The number of hydrogen-bond donors (Lipinski definition) is 0. The maximum absolute atomic E-state index is 13.6. The van der Waals surface area contributed by atoms with Crippen LogP contribution in [-0.4, -0.2) is 70.2 Å². The average molecular weight is 607 g/mol. The molecule has 1 aromatic rings. The van der Waals surface area contributed by atoms with E-state index in [2.05, 4.69) is 41.5 Å². The van der Waals surface area contributed by atoms with Gasteiger partial charge >= 0.3 is 5.97 Å². The molecule has 2 saturated heterocycles. The minimum Gasteiger partial charge on any atom is -0.458 e. The molecule has 7 nitrogen and oxygen atoms in total. The van der Waals surface area contributed by atoms with Gasteiger partial charge in [-0.15, -0.1) is 0 Å². The van der Waals surface area contributed by atoms with Crippen LogP contribution in [0.1, 0.15) is 100.0 Å². The molecule has 8 heteroatoms. The minimum atomic E-state index is -2.14. The van der Waals surface area contributed by atoms with Gasteiger partial charge in [-0.3, -0.25) is 0 Å². The Labute approximate surface area is 256 Å². The van der Waals surface area contributed by atoms with E-state index in [1.165, 1.54) is 0 Å². The van der Waals surface area contributed by atoms with Crippen molar-refractivity contribution in [1.82, 2.24) is 0 Å². The average Bonchev–Trinajstić information content (AvgIpc) is 2.92. The first kappa shape index (κ1) is 35.2. The van der Waals surface area contributed by atoms with E-state index >= 15 is 0 Å². The second kappa shape index (κ2) is 16.1. The lowest BCUT2D eigenvalue weighted by Gasteiger charge is -2.47. The van der Waals surface area contributed by atoms with Crippen LogP contribution in [0.15, 0.2) is 30.3 Å². The van der Waals surface area contributed by atoms with Crippen molar-refractivity contribution in [2.24, 2.45) is 0 Å². The largest absolute Gasteiger partial charge is 0.458 e. The van der Waals surface area contributed by atoms with Crippen molar-refractivity contribution >= 4 is 14.3 Å². The molecular weight excluding hydrogens is 548 g/mol. The van der Waals surface area contributed by atoms with E-state index in [9.17, 15) is 4.79 Å². The van der Waals surface area contributed by atoms with Crippen LogP contribution in [-0.2, 0) is 39.5 Å². The molecule has 0 amide bonds. The zero-order valence-corrected chi connectivity index (χ0v) is 28.7. The highest BCUT2D eigenvalue weighted by molar-refractivity contribution is 6.77. The lowest BCUT2D eigenvalue weighted by atomic mass is 9.99. The number of esters is 1. The molecule has 0 saturated carbocycles. The number of hydrogen-bond acceptors (Lipinski definition) is 7. The number of carbonyl (C=O) groups excluding carboxylic acids is 1. The smallest absolute Gasteiger partial charge is 0.335 e. The van der Waals surface area contributed by atoms with Crippen LogP contribution >= 0.6 is 0 Å². The Bertz CT molecular complexity index is 908. The molecule has 2 aliphatic heterocycles. The predicted octanol–water partition coefficient (Wildman–Crippen LogP) is 7.61. The monoisotopic (exact) mass is 606 g/mol. The lowest BCUT2D eigenvalue weighted by molar-refractivity contribution is -0.195. The summed E-state index contributed by atoms with van der Waals surface area (Å²) < 4.78 is 38.3. The Morgan fingerprint density at radius 3 is 2.02 bits per heavy atom. The van der Waals surface area contributed by atoms with Crippen molar-refractivity contribution in [3.8, 4) is 0 Å². The van der Waals surface area contributed by atoms with E-state index in [0.717, 1.165) is 31.2 Å².